The number of hydrogen-bond acceptors (Lipinski definition) is 4. The minimum Gasteiger partial charge on any atom is -0.391 e. The molecular formula is C16H24N2O2S. The van der Waals surface area contributed by atoms with Crippen LogP contribution >= 0.6 is 11.3 Å². The van der Waals surface area contributed by atoms with Crippen molar-refractivity contribution in [3.63, 3.8) is 0 Å². The molecule has 4 nitrogen and oxygen atoms in total. The van der Waals surface area contributed by atoms with E-state index < -0.39 is 0 Å². The Morgan fingerprint density at radius 2 is 2.05 bits per heavy atom. The van der Waals surface area contributed by atoms with Gasteiger partial charge in [-0.15, -0.1) is 11.3 Å². The molecule has 1 N–H and O–H groups in total. The summed E-state index contributed by atoms with van der Waals surface area (Å²) < 4.78 is 0. The third-order valence-corrected chi connectivity index (χ3v) is 5.70. The number of carbonyl (C=O) groups is 1. The lowest BCUT2D eigenvalue weighted by molar-refractivity contribution is -0.132. The number of thiophene rings is 1. The predicted octanol–water partition coefficient (Wildman–Crippen LogP) is 1.66. The van der Waals surface area contributed by atoms with E-state index in [0.29, 0.717) is 12.5 Å². The van der Waals surface area contributed by atoms with Crippen LogP contribution in [0.4, 0.5) is 0 Å². The number of piperazine rings is 1. The summed E-state index contributed by atoms with van der Waals surface area (Å²) in [4.78, 5) is 19.1. The molecule has 1 aromatic heterocycles. The lowest BCUT2D eigenvalue weighted by Crippen LogP contribution is -2.53. The van der Waals surface area contributed by atoms with Gasteiger partial charge in [0.05, 0.1) is 12.5 Å². The molecule has 3 rings (SSSR count). The summed E-state index contributed by atoms with van der Waals surface area (Å²) in [6, 6.07) is 4.46. The average Bonchev–Trinajstić information content (AvgIpc) is 3.08. The van der Waals surface area contributed by atoms with Crippen LogP contribution in [0.2, 0.25) is 0 Å². The first-order valence-corrected chi connectivity index (χ1v) is 8.70. The molecule has 21 heavy (non-hydrogen) atoms. The van der Waals surface area contributed by atoms with Crippen molar-refractivity contribution < 1.29 is 9.90 Å². The largest absolute Gasteiger partial charge is 0.391 e. The number of aliphatic hydroxyl groups is 1. The van der Waals surface area contributed by atoms with Crippen LogP contribution in [0.1, 0.15) is 29.0 Å². The van der Waals surface area contributed by atoms with E-state index in [1.807, 2.05) is 4.90 Å². The predicted molar refractivity (Wildman–Crippen MR) is 84.6 cm³/mol. The molecule has 0 unspecified atom stereocenters. The van der Waals surface area contributed by atoms with Gasteiger partial charge in [0.2, 0.25) is 5.91 Å². The van der Waals surface area contributed by atoms with Gasteiger partial charge in [0.15, 0.2) is 0 Å². The Bertz CT molecular complexity index is 494. The van der Waals surface area contributed by atoms with Crippen LogP contribution in [0.15, 0.2) is 12.1 Å². The molecule has 1 saturated heterocycles. The van der Waals surface area contributed by atoms with Crippen molar-refractivity contribution in [2.24, 2.45) is 0 Å². The molecule has 1 aliphatic heterocycles. The van der Waals surface area contributed by atoms with Gasteiger partial charge < -0.3 is 10.0 Å². The average molecular weight is 308 g/mol. The zero-order valence-electron chi connectivity index (χ0n) is 12.6. The second kappa shape index (κ2) is 6.46. The van der Waals surface area contributed by atoms with Gasteiger partial charge >= 0.3 is 0 Å². The second-order valence-electron chi connectivity index (χ2n) is 6.17. The van der Waals surface area contributed by atoms with Crippen LogP contribution in [0, 0.1) is 6.92 Å². The van der Waals surface area contributed by atoms with Crippen molar-refractivity contribution >= 4 is 17.2 Å². The molecule has 0 aromatic carbocycles. The number of aliphatic hydroxyl groups excluding tert-OH is 1. The number of nitrogens with zero attached hydrogens (tertiary/aromatic N) is 2. The van der Waals surface area contributed by atoms with Crippen molar-refractivity contribution in [1.29, 1.82) is 0 Å². The highest BCUT2D eigenvalue weighted by Gasteiger charge is 2.33. The minimum absolute atomic E-state index is 0.165. The van der Waals surface area contributed by atoms with Crippen LogP contribution in [-0.4, -0.2) is 59.1 Å². The Labute approximate surface area is 130 Å². The molecule has 2 aliphatic rings. The Kier molecular flexibility index (Phi) is 4.62. The molecule has 1 aliphatic carbocycles. The van der Waals surface area contributed by atoms with Crippen LogP contribution in [0.3, 0.4) is 0 Å². The Balaban J connectivity index is 1.50. The molecule has 0 spiro atoms. The molecule has 2 fully saturated rings. The van der Waals surface area contributed by atoms with Gasteiger partial charge in [0.25, 0.3) is 0 Å². The minimum atomic E-state index is -0.165. The standard InChI is InChI=1S/C16H24N2O2S/c1-12-5-6-13(21-12)11-16(20)18-9-7-17(8-10-18)14-3-2-4-15(14)19/h5-6,14-15,19H,2-4,7-11H2,1H3/t14-,15-/m0/s1. The third-order valence-electron chi connectivity index (χ3n) is 4.70. The fourth-order valence-electron chi connectivity index (χ4n) is 3.49. The van der Waals surface area contributed by atoms with Crippen molar-refractivity contribution in [3.8, 4) is 0 Å². The number of carbonyl (C=O) groups excluding carboxylic acids is 1. The summed E-state index contributed by atoms with van der Waals surface area (Å²) in [5, 5.41) is 9.99. The van der Waals surface area contributed by atoms with E-state index >= 15 is 0 Å². The fourth-order valence-corrected chi connectivity index (χ4v) is 4.37. The second-order valence-corrected chi connectivity index (χ2v) is 7.54. The molecule has 2 atom stereocenters. The summed E-state index contributed by atoms with van der Waals surface area (Å²) in [7, 11) is 0. The summed E-state index contributed by atoms with van der Waals surface area (Å²) in [5.41, 5.74) is 0. The molecule has 2 heterocycles. The Hall–Kier alpha value is -0.910. The number of rotatable bonds is 3. The maximum Gasteiger partial charge on any atom is 0.227 e. The lowest BCUT2D eigenvalue weighted by Gasteiger charge is -2.39. The van der Waals surface area contributed by atoms with E-state index in [9.17, 15) is 9.90 Å². The first kappa shape index (κ1) is 15.0. The summed E-state index contributed by atoms with van der Waals surface area (Å²) in [6.07, 6.45) is 3.53. The smallest absolute Gasteiger partial charge is 0.227 e. The SMILES string of the molecule is Cc1ccc(CC(=O)N2CCN([C@H]3CCC[C@@H]3O)CC2)s1. The van der Waals surface area contributed by atoms with Gasteiger partial charge in [0.1, 0.15) is 0 Å². The highest BCUT2D eigenvalue weighted by molar-refractivity contribution is 7.12. The van der Waals surface area contributed by atoms with Crippen molar-refractivity contribution in [2.75, 3.05) is 26.2 Å². The van der Waals surface area contributed by atoms with E-state index in [0.717, 1.165) is 50.3 Å². The monoisotopic (exact) mass is 308 g/mol. The molecule has 0 radical (unpaired) electrons. The lowest BCUT2D eigenvalue weighted by atomic mass is 10.1. The van der Waals surface area contributed by atoms with Crippen LogP contribution in [0.5, 0.6) is 0 Å². The Morgan fingerprint density at radius 3 is 2.62 bits per heavy atom. The van der Waals surface area contributed by atoms with Gasteiger partial charge in [0, 0.05) is 42.0 Å². The zero-order chi connectivity index (χ0) is 14.8. The highest BCUT2D eigenvalue weighted by atomic mass is 32.1. The maximum atomic E-state index is 12.3. The first-order valence-electron chi connectivity index (χ1n) is 7.88. The Morgan fingerprint density at radius 1 is 1.29 bits per heavy atom. The van der Waals surface area contributed by atoms with Gasteiger partial charge in [-0.1, -0.05) is 0 Å². The quantitative estimate of drug-likeness (QED) is 0.923. The van der Waals surface area contributed by atoms with Gasteiger partial charge in [-0.2, -0.15) is 0 Å². The van der Waals surface area contributed by atoms with E-state index in [1.54, 1.807) is 11.3 Å². The maximum absolute atomic E-state index is 12.3. The molecular weight excluding hydrogens is 284 g/mol. The topological polar surface area (TPSA) is 43.8 Å². The fraction of sp³-hybridized carbons (Fsp3) is 0.688. The van der Waals surface area contributed by atoms with Crippen LogP contribution in [0.25, 0.3) is 0 Å². The van der Waals surface area contributed by atoms with Gasteiger partial charge in [-0.25, -0.2) is 0 Å². The molecule has 1 amide bonds. The molecule has 1 saturated carbocycles. The summed E-state index contributed by atoms with van der Waals surface area (Å²) in [6.45, 7) is 5.47. The van der Waals surface area contributed by atoms with E-state index in [2.05, 4.69) is 24.0 Å². The third kappa shape index (κ3) is 3.47. The molecule has 116 valence electrons. The van der Waals surface area contributed by atoms with Crippen molar-refractivity contribution in [2.45, 2.75) is 44.8 Å². The van der Waals surface area contributed by atoms with E-state index in [4.69, 9.17) is 0 Å². The van der Waals surface area contributed by atoms with Gasteiger partial charge in [-0.3, -0.25) is 9.69 Å². The molecule has 0 bridgehead atoms. The van der Waals surface area contributed by atoms with Crippen LogP contribution < -0.4 is 0 Å². The number of aryl methyl sites for hydroxylation is 1. The number of hydrogen-bond donors (Lipinski definition) is 1. The molecule has 1 aromatic rings. The van der Waals surface area contributed by atoms with Crippen LogP contribution in [-0.2, 0) is 11.2 Å². The normalized spacial score (nSPS) is 27.2. The van der Waals surface area contributed by atoms with E-state index in [1.165, 1.54) is 4.88 Å². The first-order chi connectivity index (χ1) is 10.1. The summed E-state index contributed by atoms with van der Waals surface area (Å²) in [5.74, 6) is 0.239. The molecule has 5 heteroatoms. The van der Waals surface area contributed by atoms with Gasteiger partial charge in [-0.05, 0) is 38.3 Å². The zero-order valence-corrected chi connectivity index (χ0v) is 13.4. The highest BCUT2D eigenvalue weighted by Crippen LogP contribution is 2.25. The number of amides is 1. The van der Waals surface area contributed by atoms with E-state index in [-0.39, 0.29) is 12.0 Å². The van der Waals surface area contributed by atoms with Crippen molar-refractivity contribution in [1.82, 2.24) is 9.80 Å². The van der Waals surface area contributed by atoms with Crippen molar-refractivity contribution in [3.05, 3.63) is 21.9 Å². The summed E-state index contributed by atoms with van der Waals surface area (Å²) >= 11 is 1.71.